The molecule has 1 rings (SSSR count). The molecule has 1 aliphatic heterocycles. The standard InChI is InChI=1S/C5H9N3S/c1-8-3-2-4(6)7-5(8)9/h2-3,5,9H,1H3,(H2,6,7). The number of thiol groups is 1. The van der Waals surface area contributed by atoms with Crippen LogP contribution in [0, 0.1) is 0 Å². The summed E-state index contributed by atoms with van der Waals surface area (Å²) in [5, 5.41) is 0. The van der Waals surface area contributed by atoms with Crippen LogP contribution < -0.4 is 5.73 Å². The molecule has 0 amide bonds. The van der Waals surface area contributed by atoms with Crippen LogP contribution in [0.1, 0.15) is 0 Å². The van der Waals surface area contributed by atoms with E-state index in [2.05, 4.69) is 17.6 Å². The minimum Gasteiger partial charge on any atom is -0.384 e. The number of amidine groups is 1. The summed E-state index contributed by atoms with van der Waals surface area (Å²) in [6.45, 7) is 0. The fraction of sp³-hybridized carbons (Fsp3) is 0.400. The lowest BCUT2D eigenvalue weighted by Gasteiger charge is -2.21. The Hall–Kier alpha value is -0.640. The van der Waals surface area contributed by atoms with Crippen LogP contribution in [0.2, 0.25) is 0 Å². The maximum absolute atomic E-state index is 5.38. The highest BCUT2D eigenvalue weighted by molar-refractivity contribution is 7.80. The van der Waals surface area contributed by atoms with Gasteiger partial charge in [0.15, 0.2) is 5.50 Å². The van der Waals surface area contributed by atoms with E-state index in [1.54, 1.807) is 6.08 Å². The van der Waals surface area contributed by atoms with Crippen LogP contribution in [-0.4, -0.2) is 23.3 Å². The number of hydrogen-bond donors (Lipinski definition) is 2. The first-order valence-electron chi connectivity index (χ1n) is 2.61. The van der Waals surface area contributed by atoms with E-state index in [-0.39, 0.29) is 5.50 Å². The first-order valence-corrected chi connectivity index (χ1v) is 3.13. The summed E-state index contributed by atoms with van der Waals surface area (Å²) in [5.41, 5.74) is 5.26. The predicted octanol–water partition coefficient (Wildman–Crippen LogP) is 0.0161. The Morgan fingerprint density at radius 2 is 2.56 bits per heavy atom. The molecule has 0 spiro atoms. The van der Waals surface area contributed by atoms with Crippen molar-refractivity contribution < 1.29 is 0 Å². The van der Waals surface area contributed by atoms with E-state index in [9.17, 15) is 0 Å². The zero-order valence-electron chi connectivity index (χ0n) is 5.15. The minimum atomic E-state index is -0.116. The molecule has 0 saturated carbocycles. The largest absolute Gasteiger partial charge is 0.384 e. The molecule has 0 aromatic carbocycles. The highest BCUT2D eigenvalue weighted by Gasteiger charge is 2.06. The van der Waals surface area contributed by atoms with Gasteiger partial charge in [0, 0.05) is 13.2 Å². The van der Waals surface area contributed by atoms with Crippen molar-refractivity contribution in [2.45, 2.75) is 5.50 Å². The lowest BCUT2D eigenvalue weighted by molar-refractivity contribution is 0.436. The maximum Gasteiger partial charge on any atom is 0.167 e. The van der Waals surface area contributed by atoms with Crippen LogP contribution in [0.3, 0.4) is 0 Å². The Kier molecular flexibility index (Phi) is 1.66. The molecule has 2 N–H and O–H groups in total. The van der Waals surface area contributed by atoms with Crippen molar-refractivity contribution in [2.75, 3.05) is 7.05 Å². The molecule has 0 aliphatic carbocycles. The Morgan fingerprint density at radius 1 is 1.89 bits per heavy atom. The zero-order valence-corrected chi connectivity index (χ0v) is 6.05. The molecule has 0 fully saturated rings. The molecule has 3 nitrogen and oxygen atoms in total. The van der Waals surface area contributed by atoms with Gasteiger partial charge in [-0.1, -0.05) is 0 Å². The van der Waals surface area contributed by atoms with Crippen molar-refractivity contribution in [1.29, 1.82) is 0 Å². The smallest absolute Gasteiger partial charge is 0.167 e. The third kappa shape index (κ3) is 1.38. The Morgan fingerprint density at radius 3 is 3.00 bits per heavy atom. The van der Waals surface area contributed by atoms with E-state index < -0.39 is 0 Å². The number of hydrogen-bond acceptors (Lipinski definition) is 4. The van der Waals surface area contributed by atoms with Gasteiger partial charge in [0.1, 0.15) is 5.84 Å². The summed E-state index contributed by atoms with van der Waals surface area (Å²) >= 11 is 4.12. The Labute approximate surface area is 59.7 Å². The first-order chi connectivity index (χ1) is 4.20. The van der Waals surface area contributed by atoms with Crippen LogP contribution in [-0.2, 0) is 0 Å². The van der Waals surface area contributed by atoms with Gasteiger partial charge in [-0.05, 0) is 6.08 Å². The molecule has 4 heteroatoms. The van der Waals surface area contributed by atoms with Crippen molar-refractivity contribution >= 4 is 18.5 Å². The molecule has 50 valence electrons. The van der Waals surface area contributed by atoms with Gasteiger partial charge in [-0.2, -0.15) is 0 Å². The van der Waals surface area contributed by atoms with Crippen LogP contribution in [0.5, 0.6) is 0 Å². The topological polar surface area (TPSA) is 41.6 Å². The molecular weight excluding hydrogens is 134 g/mol. The fourth-order valence-electron chi connectivity index (χ4n) is 0.538. The van der Waals surface area contributed by atoms with Gasteiger partial charge in [-0.15, -0.1) is 12.6 Å². The van der Waals surface area contributed by atoms with E-state index >= 15 is 0 Å². The quantitative estimate of drug-likeness (QED) is 0.469. The number of rotatable bonds is 0. The van der Waals surface area contributed by atoms with Crippen molar-refractivity contribution in [3.8, 4) is 0 Å². The first kappa shape index (κ1) is 6.48. The molecule has 0 saturated heterocycles. The third-order valence-electron chi connectivity index (χ3n) is 1.11. The molecular formula is C5H9N3S. The van der Waals surface area contributed by atoms with E-state index in [0.29, 0.717) is 5.84 Å². The van der Waals surface area contributed by atoms with Crippen LogP contribution >= 0.6 is 12.6 Å². The summed E-state index contributed by atoms with van der Waals surface area (Å²) in [7, 11) is 1.89. The summed E-state index contributed by atoms with van der Waals surface area (Å²) in [4.78, 5) is 5.82. The van der Waals surface area contributed by atoms with Crippen LogP contribution in [0.25, 0.3) is 0 Å². The summed E-state index contributed by atoms with van der Waals surface area (Å²) in [6, 6.07) is 0. The van der Waals surface area contributed by atoms with Gasteiger partial charge in [0.2, 0.25) is 0 Å². The second-order valence-electron chi connectivity index (χ2n) is 1.88. The lowest BCUT2D eigenvalue weighted by atomic mass is 10.5. The van der Waals surface area contributed by atoms with Gasteiger partial charge < -0.3 is 10.6 Å². The Bertz CT molecular complexity index is 164. The normalized spacial score (nSPS) is 26.2. The summed E-state index contributed by atoms with van der Waals surface area (Å²) in [6.07, 6.45) is 3.59. The predicted molar refractivity (Wildman–Crippen MR) is 41.3 cm³/mol. The molecule has 1 unspecified atom stereocenters. The van der Waals surface area contributed by atoms with Crippen molar-refractivity contribution in [2.24, 2.45) is 10.7 Å². The second-order valence-corrected chi connectivity index (χ2v) is 2.34. The van der Waals surface area contributed by atoms with E-state index in [0.717, 1.165) is 0 Å². The van der Waals surface area contributed by atoms with E-state index in [4.69, 9.17) is 5.73 Å². The van der Waals surface area contributed by atoms with Gasteiger partial charge in [0.25, 0.3) is 0 Å². The summed E-state index contributed by atoms with van der Waals surface area (Å²) < 4.78 is 0. The van der Waals surface area contributed by atoms with Crippen molar-refractivity contribution in [1.82, 2.24) is 4.90 Å². The zero-order chi connectivity index (χ0) is 6.85. The SMILES string of the molecule is CN1C=CC(N)=NC1S. The van der Waals surface area contributed by atoms with E-state index in [1.165, 1.54) is 0 Å². The number of aliphatic imine (C=N–C) groups is 1. The number of nitrogens with two attached hydrogens (primary N) is 1. The van der Waals surface area contributed by atoms with Crippen molar-refractivity contribution in [3.05, 3.63) is 12.3 Å². The fourth-order valence-corrected chi connectivity index (χ4v) is 0.749. The van der Waals surface area contributed by atoms with Gasteiger partial charge >= 0.3 is 0 Å². The molecule has 1 aliphatic rings. The molecule has 9 heavy (non-hydrogen) atoms. The molecule has 0 radical (unpaired) electrons. The van der Waals surface area contributed by atoms with Gasteiger partial charge in [-0.3, -0.25) is 0 Å². The highest BCUT2D eigenvalue weighted by Crippen LogP contribution is 2.06. The monoisotopic (exact) mass is 143 g/mol. The molecule has 0 aromatic rings. The lowest BCUT2D eigenvalue weighted by Crippen LogP contribution is -2.27. The van der Waals surface area contributed by atoms with E-state index in [1.807, 2.05) is 18.1 Å². The van der Waals surface area contributed by atoms with Crippen molar-refractivity contribution in [3.63, 3.8) is 0 Å². The second kappa shape index (κ2) is 2.31. The van der Waals surface area contributed by atoms with Crippen LogP contribution in [0.4, 0.5) is 0 Å². The minimum absolute atomic E-state index is 0.116. The van der Waals surface area contributed by atoms with Crippen LogP contribution in [0.15, 0.2) is 17.3 Å². The van der Waals surface area contributed by atoms with Gasteiger partial charge in [0.05, 0.1) is 0 Å². The molecule has 0 bridgehead atoms. The molecule has 1 heterocycles. The average Bonchev–Trinajstić information content (AvgIpc) is 1.80. The molecule has 1 atom stereocenters. The summed E-state index contributed by atoms with van der Waals surface area (Å²) in [5.74, 6) is 0.535. The average molecular weight is 143 g/mol. The third-order valence-corrected chi connectivity index (χ3v) is 1.59. The highest BCUT2D eigenvalue weighted by atomic mass is 32.1. The van der Waals surface area contributed by atoms with Gasteiger partial charge in [-0.25, -0.2) is 4.99 Å². The Balaban J connectivity index is 2.70. The molecule has 0 aromatic heterocycles. The number of nitrogens with zero attached hydrogens (tertiary/aromatic N) is 2. The maximum atomic E-state index is 5.38.